The van der Waals surface area contributed by atoms with E-state index in [-0.39, 0.29) is 17.3 Å². The SMILES string of the molecule is Cc1c(C(=O)/C=C/N(C)C)c(C(=O)/C=C/N(C)C)nn1-c1ccccc1. The summed E-state index contributed by atoms with van der Waals surface area (Å²) in [5.41, 5.74) is 1.90. The summed E-state index contributed by atoms with van der Waals surface area (Å²) in [6.45, 7) is 1.79. The standard InChI is InChI=1S/C20H24N4O2/c1-15-19(17(25)11-13-22(2)3)20(18(26)12-14-23(4)5)21-24(15)16-9-7-6-8-10-16/h6-14H,1-5H3/b13-11+,14-12+. The molecule has 6 heteroatoms. The Bertz CT molecular complexity index is 846. The number of nitrogens with zero attached hydrogens (tertiary/aromatic N) is 4. The Morgan fingerprint density at radius 3 is 2.00 bits per heavy atom. The van der Waals surface area contributed by atoms with Crippen molar-refractivity contribution in [3.05, 3.63) is 71.8 Å². The number of allylic oxidation sites excluding steroid dienone is 2. The molecule has 0 bridgehead atoms. The van der Waals surface area contributed by atoms with Crippen LogP contribution in [0.4, 0.5) is 0 Å². The molecule has 2 aromatic rings. The molecule has 0 aliphatic carbocycles. The average molecular weight is 352 g/mol. The van der Waals surface area contributed by atoms with Gasteiger partial charge in [0.25, 0.3) is 0 Å². The van der Waals surface area contributed by atoms with Crippen molar-refractivity contribution in [2.75, 3.05) is 28.2 Å². The molecular weight excluding hydrogens is 328 g/mol. The van der Waals surface area contributed by atoms with Gasteiger partial charge in [-0.2, -0.15) is 5.10 Å². The Hall–Kier alpha value is -3.15. The van der Waals surface area contributed by atoms with Gasteiger partial charge in [0.15, 0.2) is 5.78 Å². The maximum atomic E-state index is 12.7. The molecule has 0 aliphatic rings. The lowest BCUT2D eigenvalue weighted by Crippen LogP contribution is -2.09. The van der Waals surface area contributed by atoms with Gasteiger partial charge in [0.2, 0.25) is 5.78 Å². The smallest absolute Gasteiger partial charge is 0.208 e. The highest BCUT2D eigenvalue weighted by atomic mass is 16.1. The molecule has 1 aromatic heterocycles. The molecule has 0 amide bonds. The Balaban J connectivity index is 2.57. The van der Waals surface area contributed by atoms with Crippen LogP contribution in [0.2, 0.25) is 0 Å². The van der Waals surface area contributed by atoms with E-state index in [0.29, 0.717) is 11.3 Å². The van der Waals surface area contributed by atoms with E-state index in [9.17, 15) is 9.59 Å². The van der Waals surface area contributed by atoms with Crippen molar-refractivity contribution in [2.45, 2.75) is 6.92 Å². The van der Waals surface area contributed by atoms with Crippen LogP contribution in [-0.2, 0) is 0 Å². The minimum absolute atomic E-state index is 0.151. The van der Waals surface area contributed by atoms with Gasteiger partial charge in [-0.05, 0) is 19.1 Å². The highest BCUT2D eigenvalue weighted by molar-refractivity contribution is 6.15. The first-order valence-electron chi connectivity index (χ1n) is 8.24. The summed E-state index contributed by atoms with van der Waals surface area (Å²) < 4.78 is 1.63. The Morgan fingerprint density at radius 2 is 1.46 bits per heavy atom. The van der Waals surface area contributed by atoms with E-state index in [1.165, 1.54) is 12.2 Å². The van der Waals surface area contributed by atoms with Crippen molar-refractivity contribution < 1.29 is 9.59 Å². The van der Waals surface area contributed by atoms with Crippen LogP contribution >= 0.6 is 0 Å². The van der Waals surface area contributed by atoms with Gasteiger partial charge in [-0.1, -0.05) is 18.2 Å². The highest BCUT2D eigenvalue weighted by Crippen LogP contribution is 2.20. The quantitative estimate of drug-likeness (QED) is 0.566. The van der Waals surface area contributed by atoms with Crippen molar-refractivity contribution in [3.63, 3.8) is 0 Å². The fourth-order valence-corrected chi connectivity index (χ4v) is 2.39. The van der Waals surface area contributed by atoms with Gasteiger partial charge in [-0.25, -0.2) is 4.68 Å². The fourth-order valence-electron chi connectivity index (χ4n) is 2.39. The molecule has 0 atom stereocenters. The normalized spacial score (nSPS) is 11.3. The van der Waals surface area contributed by atoms with E-state index >= 15 is 0 Å². The number of carbonyl (C=O) groups is 2. The second-order valence-electron chi connectivity index (χ2n) is 6.34. The number of rotatable bonds is 7. The van der Waals surface area contributed by atoms with Crippen molar-refractivity contribution in [1.82, 2.24) is 19.6 Å². The summed E-state index contributed by atoms with van der Waals surface area (Å²) in [7, 11) is 7.30. The molecule has 0 fully saturated rings. The average Bonchev–Trinajstić information content (AvgIpc) is 2.95. The first-order chi connectivity index (χ1) is 12.3. The third-order valence-electron chi connectivity index (χ3n) is 3.64. The molecule has 136 valence electrons. The molecule has 0 saturated carbocycles. The molecule has 0 aliphatic heterocycles. The predicted molar refractivity (Wildman–Crippen MR) is 103 cm³/mol. The second kappa shape index (κ2) is 8.29. The largest absolute Gasteiger partial charge is 0.383 e. The molecule has 0 radical (unpaired) electrons. The van der Waals surface area contributed by atoms with Gasteiger partial charge in [-0.15, -0.1) is 0 Å². The molecule has 0 spiro atoms. The van der Waals surface area contributed by atoms with Crippen molar-refractivity contribution in [3.8, 4) is 5.69 Å². The molecule has 1 aromatic carbocycles. The Kier molecular flexibility index (Phi) is 6.11. The number of ketones is 2. The zero-order valence-electron chi connectivity index (χ0n) is 15.8. The number of carbonyl (C=O) groups excluding carboxylic acids is 2. The van der Waals surface area contributed by atoms with Crippen molar-refractivity contribution >= 4 is 11.6 Å². The van der Waals surface area contributed by atoms with Gasteiger partial charge in [0, 0.05) is 52.7 Å². The zero-order chi connectivity index (χ0) is 19.3. The van der Waals surface area contributed by atoms with Crippen LogP contribution in [0.25, 0.3) is 5.69 Å². The molecule has 0 N–H and O–H groups in total. The van der Waals surface area contributed by atoms with Gasteiger partial charge in [-0.3, -0.25) is 9.59 Å². The van der Waals surface area contributed by atoms with Crippen LogP contribution < -0.4 is 0 Å². The van der Waals surface area contributed by atoms with Crippen LogP contribution in [-0.4, -0.2) is 59.3 Å². The maximum Gasteiger partial charge on any atom is 0.208 e. The van der Waals surface area contributed by atoms with Gasteiger partial charge in [0.1, 0.15) is 5.69 Å². The molecule has 6 nitrogen and oxygen atoms in total. The highest BCUT2D eigenvalue weighted by Gasteiger charge is 2.24. The molecule has 2 rings (SSSR count). The van der Waals surface area contributed by atoms with Crippen LogP contribution in [0.5, 0.6) is 0 Å². The van der Waals surface area contributed by atoms with Crippen LogP contribution in [0.15, 0.2) is 54.9 Å². The van der Waals surface area contributed by atoms with E-state index in [4.69, 9.17) is 0 Å². The first kappa shape index (κ1) is 19.2. The Labute approximate surface area is 154 Å². The van der Waals surface area contributed by atoms with Crippen molar-refractivity contribution in [1.29, 1.82) is 0 Å². The van der Waals surface area contributed by atoms with Crippen LogP contribution in [0.3, 0.4) is 0 Å². The lowest BCUT2D eigenvalue weighted by molar-refractivity contribution is 0.101. The molecule has 0 unspecified atom stereocenters. The lowest BCUT2D eigenvalue weighted by Gasteiger charge is -2.05. The fraction of sp³-hybridized carbons (Fsp3) is 0.250. The first-order valence-corrected chi connectivity index (χ1v) is 8.24. The number of aromatic nitrogens is 2. The minimum atomic E-state index is -0.307. The molecule has 26 heavy (non-hydrogen) atoms. The van der Waals surface area contributed by atoms with Gasteiger partial charge < -0.3 is 9.80 Å². The number of hydrogen-bond acceptors (Lipinski definition) is 5. The summed E-state index contributed by atoms with van der Waals surface area (Å²) in [6.07, 6.45) is 6.17. The van der Waals surface area contributed by atoms with E-state index in [0.717, 1.165) is 5.69 Å². The third kappa shape index (κ3) is 4.47. The molecule has 0 saturated heterocycles. The molecular formula is C20H24N4O2. The summed E-state index contributed by atoms with van der Waals surface area (Å²) >= 11 is 0. The number of benzene rings is 1. The minimum Gasteiger partial charge on any atom is -0.383 e. The summed E-state index contributed by atoms with van der Waals surface area (Å²) in [5.74, 6) is -0.557. The van der Waals surface area contributed by atoms with E-state index < -0.39 is 0 Å². The van der Waals surface area contributed by atoms with Gasteiger partial charge in [0.05, 0.1) is 16.9 Å². The summed E-state index contributed by atoms with van der Waals surface area (Å²) in [5, 5.41) is 4.44. The monoisotopic (exact) mass is 352 g/mol. The van der Waals surface area contributed by atoms with E-state index in [2.05, 4.69) is 5.10 Å². The Morgan fingerprint density at radius 1 is 0.923 bits per heavy atom. The van der Waals surface area contributed by atoms with Gasteiger partial charge >= 0.3 is 0 Å². The van der Waals surface area contributed by atoms with Crippen LogP contribution in [0.1, 0.15) is 26.5 Å². The predicted octanol–water partition coefficient (Wildman–Crippen LogP) is 2.70. The third-order valence-corrected chi connectivity index (χ3v) is 3.64. The lowest BCUT2D eigenvalue weighted by atomic mass is 10.1. The van der Waals surface area contributed by atoms with E-state index in [1.54, 1.807) is 33.8 Å². The van der Waals surface area contributed by atoms with E-state index in [1.807, 2.05) is 58.5 Å². The molecule has 1 heterocycles. The summed E-state index contributed by atoms with van der Waals surface area (Å²) in [6, 6.07) is 9.44. The summed E-state index contributed by atoms with van der Waals surface area (Å²) in [4.78, 5) is 28.9. The topological polar surface area (TPSA) is 58.4 Å². The van der Waals surface area contributed by atoms with Crippen molar-refractivity contribution in [2.24, 2.45) is 0 Å². The van der Waals surface area contributed by atoms with Crippen LogP contribution in [0, 0.1) is 6.92 Å². The zero-order valence-corrected chi connectivity index (χ0v) is 15.8. The second-order valence-corrected chi connectivity index (χ2v) is 6.34. The maximum absolute atomic E-state index is 12.7. The number of para-hydroxylation sites is 1. The number of hydrogen-bond donors (Lipinski definition) is 0.